The molecule has 0 fully saturated rings. The van der Waals surface area contributed by atoms with Gasteiger partial charge in [-0.25, -0.2) is 4.98 Å². The van der Waals surface area contributed by atoms with E-state index in [2.05, 4.69) is 52.4 Å². The van der Waals surface area contributed by atoms with Crippen molar-refractivity contribution in [2.75, 3.05) is 11.1 Å². The van der Waals surface area contributed by atoms with Crippen LogP contribution in [-0.2, 0) is 11.2 Å². The minimum atomic E-state index is -0.100. The van der Waals surface area contributed by atoms with E-state index in [1.807, 2.05) is 25.1 Å². The molecule has 0 bridgehead atoms. The minimum absolute atomic E-state index is 0.100. The second-order valence-corrected chi connectivity index (χ2v) is 6.59. The van der Waals surface area contributed by atoms with Gasteiger partial charge in [-0.2, -0.15) is 0 Å². The van der Waals surface area contributed by atoms with Crippen LogP contribution in [0.15, 0.2) is 32.3 Å². The van der Waals surface area contributed by atoms with Gasteiger partial charge >= 0.3 is 0 Å². The van der Waals surface area contributed by atoms with Gasteiger partial charge in [-0.1, -0.05) is 34.6 Å². The molecule has 106 valence electrons. The van der Waals surface area contributed by atoms with E-state index < -0.39 is 0 Å². The van der Waals surface area contributed by atoms with Gasteiger partial charge in [0.05, 0.1) is 11.4 Å². The van der Waals surface area contributed by atoms with Crippen LogP contribution in [0.2, 0.25) is 0 Å². The monoisotopic (exact) mass is 418 g/mol. The number of aromatic amines is 1. The zero-order chi connectivity index (χ0) is 14.5. The number of halogens is 2. The van der Waals surface area contributed by atoms with Gasteiger partial charge in [-0.3, -0.25) is 9.89 Å². The summed E-state index contributed by atoms with van der Waals surface area (Å²) in [6.45, 7) is 1.99. The lowest BCUT2D eigenvalue weighted by Gasteiger charge is -2.07. The van der Waals surface area contributed by atoms with Crippen LogP contribution in [0.1, 0.15) is 12.7 Å². The summed E-state index contributed by atoms with van der Waals surface area (Å²) in [5.41, 5.74) is 0.731. The first-order valence-corrected chi connectivity index (χ1v) is 8.44. The first-order chi connectivity index (χ1) is 9.58. The molecule has 8 heteroatoms. The molecule has 0 aliphatic heterocycles. The molecule has 1 aromatic heterocycles. The van der Waals surface area contributed by atoms with Crippen LogP contribution in [0, 0.1) is 0 Å². The summed E-state index contributed by atoms with van der Waals surface area (Å²) in [4.78, 5) is 16.1. The zero-order valence-corrected chi connectivity index (χ0v) is 14.6. The summed E-state index contributed by atoms with van der Waals surface area (Å²) in [5.74, 6) is 0.985. The molecule has 0 atom stereocenters. The van der Waals surface area contributed by atoms with Crippen LogP contribution in [0.3, 0.4) is 0 Å². The van der Waals surface area contributed by atoms with Crippen molar-refractivity contribution >= 4 is 55.2 Å². The van der Waals surface area contributed by atoms with Crippen LogP contribution in [0.5, 0.6) is 0 Å². The average molecular weight is 420 g/mol. The van der Waals surface area contributed by atoms with Gasteiger partial charge < -0.3 is 5.32 Å². The number of amides is 1. The predicted molar refractivity (Wildman–Crippen MR) is 87.0 cm³/mol. The highest BCUT2D eigenvalue weighted by atomic mass is 79.9. The van der Waals surface area contributed by atoms with Crippen molar-refractivity contribution in [1.82, 2.24) is 15.2 Å². The second kappa shape index (κ2) is 7.24. The van der Waals surface area contributed by atoms with Crippen molar-refractivity contribution in [3.05, 3.63) is 33.0 Å². The van der Waals surface area contributed by atoms with Crippen LogP contribution >= 0.6 is 43.6 Å². The highest BCUT2D eigenvalue weighted by Crippen LogP contribution is 2.26. The first-order valence-electron chi connectivity index (χ1n) is 5.87. The molecule has 2 rings (SSSR count). The molecule has 5 nitrogen and oxygen atoms in total. The van der Waals surface area contributed by atoms with Crippen molar-refractivity contribution in [2.45, 2.75) is 18.5 Å². The molecule has 1 amide bonds. The molecule has 0 spiro atoms. The number of anilines is 1. The van der Waals surface area contributed by atoms with E-state index in [9.17, 15) is 4.79 Å². The highest BCUT2D eigenvalue weighted by Gasteiger charge is 2.09. The lowest BCUT2D eigenvalue weighted by Crippen LogP contribution is -2.14. The number of thioether (sulfide) groups is 1. The standard InChI is InChI=1S/C12H12Br2N4OS/c1-2-10-16-12(18-17-10)20-6-11(19)15-9-5-7(13)3-4-8(9)14/h3-5H,2,6H2,1H3,(H,15,19)(H,16,17,18). The summed E-state index contributed by atoms with van der Waals surface area (Å²) < 4.78 is 1.75. The Labute approximate surface area is 137 Å². The average Bonchev–Trinajstić information content (AvgIpc) is 2.89. The third-order valence-corrected chi connectivity index (χ3v) is 4.41. The Morgan fingerprint density at radius 1 is 1.45 bits per heavy atom. The molecule has 0 aliphatic carbocycles. The van der Waals surface area contributed by atoms with Crippen molar-refractivity contribution in [3.63, 3.8) is 0 Å². The lowest BCUT2D eigenvalue weighted by molar-refractivity contribution is -0.113. The molecule has 2 aromatic rings. The fraction of sp³-hybridized carbons (Fsp3) is 0.250. The van der Waals surface area contributed by atoms with Gasteiger partial charge in [0.15, 0.2) is 0 Å². The molecule has 0 saturated carbocycles. The molecular formula is C12H12Br2N4OS. The lowest BCUT2D eigenvalue weighted by atomic mass is 10.3. The maximum Gasteiger partial charge on any atom is 0.234 e. The number of rotatable bonds is 5. The minimum Gasteiger partial charge on any atom is -0.324 e. The van der Waals surface area contributed by atoms with Gasteiger partial charge in [0, 0.05) is 15.4 Å². The Kier molecular flexibility index (Phi) is 5.62. The molecular weight excluding hydrogens is 408 g/mol. The van der Waals surface area contributed by atoms with Gasteiger partial charge in [0.2, 0.25) is 11.1 Å². The van der Waals surface area contributed by atoms with Crippen LogP contribution in [0.4, 0.5) is 5.69 Å². The van der Waals surface area contributed by atoms with Gasteiger partial charge in [-0.15, -0.1) is 5.10 Å². The Morgan fingerprint density at radius 2 is 2.25 bits per heavy atom. The van der Waals surface area contributed by atoms with Crippen molar-refractivity contribution < 1.29 is 4.79 Å². The summed E-state index contributed by atoms with van der Waals surface area (Å²) in [7, 11) is 0. The number of nitrogens with zero attached hydrogens (tertiary/aromatic N) is 2. The number of carbonyl (C=O) groups is 1. The number of nitrogens with one attached hydrogen (secondary N) is 2. The number of benzene rings is 1. The molecule has 20 heavy (non-hydrogen) atoms. The van der Waals surface area contributed by atoms with Gasteiger partial charge in [-0.05, 0) is 34.1 Å². The van der Waals surface area contributed by atoms with Crippen LogP contribution in [-0.4, -0.2) is 26.8 Å². The van der Waals surface area contributed by atoms with E-state index in [4.69, 9.17) is 0 Å². The van der Waals surface area contributed by atoms with Crippen molar-refractivity contribution in [1.29, 1.82) is 0 Å². The summed E-state index contributed by atoms with van der Waals surface area (Å²) in [5, 5.41) is 10.3. The molecule has 2 N–H and O–H groups in total. The maximum absolute atomic E-state index is 11.9. The molecule has 0 radical (unpaired) electrons. The maximum atomic E-state index is 11.9. The molecule has 1 heterocycles. The highest BCUT2D eigenvalue weighted by molar-refractivity contribution is 9.11. The number of aromatic nitrogens is 3. The molecule has 0 aliphatic rings. The van der Waals surface area contributed by atoms with Crippen molar-refractivity contribution in [2.24, 2.45) is 0 Å². The first kappa shape index (κ1) is 15.5. The quantitative estimate of drug-likeness (QED) is 0.726. The van der Waals surface area contributed by atoms with Crippen LogP contribution < -0.4 is 5.32 Å². The van der Waals surface area contributed by atoms with E-state index >= 15 is 0 Å². The van der Waals surface area contributed by atoms with E-state index in [-0.39, 0.29) is 11.7 Å². The van der Waals surface area contributed by atoms with Crippen LogP contribution in [0.25, 0.3) is 0 Å². The summed E-state index contributed by atoms with van der Waals surface area (Å²) in [6, 6.07) is 5.61. The summed E-state index contributed by atoms with van der Waals surface area (Å²) >= 11 is 8.07. The molecule has 0 unspecified atom stereocenters. The SMILES string of the molecule is CCc1nc(SCC(=O)Nc2cc(Br)ccc2Br)n[nH]1. The molecule has 0 saturated heterocycles. The number of H-pyrrole nitrogens is 1. The predicted octanol–water partition coefficient (Wildman–Crippen LogP) is 3.62. The normalized spacial score (nSPS) is 10.6. The van der Waals surface area contributed by atoms with Gasteiger partial charge in [0.25, 0.3) is 0 Å². The Balaban J connectivity index is 1.90. The van der Waals surface area contributed by atoms with Crippen molar-refractivity contribution in [3.8, 4) is 0 Å². The number of hydrogen-bond acceptors (Lipinski definition) is 4. The van der Waals surface area contributed by atoms with E-state index in [1.54, 1.807) is 0 Å². The third-order valence-electron chi connectivity index (χ3n) is 2.38. The second-order valence-electron chi connectivity index (χ2n) is 3.88. The van der Waals surface area contributed by atoms with E-state index in [0.29, 0.717) is 5.16 Å². The van der Waals surface area contributed by atoms with E-state index in [1.165, 1.54) is 11.8 Å². The number of carbonyl (C=O) groups excluding carboxylic acids is 1. The number of hydrogen-bond donors (Lipinski definition) is 2. The Morgan fingerprint density at radius 3 is 2.95 bits per heavy atom. The van der Waals surface area contributed by atoms with E-state index in [0.717, 1.165) is 26.9 Å². The Bertz CT molecular complexity index is 617. The fourth-order valence-corrected chi connectivity index (χ4v) is 2.73. The largest absolute Gasteiger partial charge is 0.324 e. The topological polar surface area (TPSA) is 70.7 Å². The zero-order valence-electron chi connectivity index (χ0n) is 10.6. The van der Waals surface area contributed by atoms with Gasteiger partial charge in [0.1, 0.15) is 5.82 Å². The molecule has 1 aromatic carbocycles. The fourth-order valence-electron chi connectivity index (χ4n) is 1.41. The number of aryl methyl sites for hydroxylation is 1. The summed E-state index contributed by atoms with van der Waals surface area (Å²) in [6.07, 6.45) is 0.796. The Hall–Kier alpha value is -0.860. The third kappa shape index (κ3) is 4.32. The smallest absolute Gasteiger partial charge is 0.234 e.